The molecule has 0 amide bonds. The first-order valence-electron chi connectivity index (χ1n) is 7.43. The Balaban J connectivity index is 2.04. The van der Waals surface area contributed by atoms with Crippen LogP contribution in [0.1, 0.15) is 32.6 Å². The molecule has 2 rings (SSSR count). The lowest BCUT2D eigenvalue weighted by molar-refractivity contribution is 0.0200. The maximum atomic E-state index is 12.4. The molecule has 6 nitrogen and oxygen atoms in total. The second-order valence-corrected chi connectivity index (χ2v) is 6.81. The monoisotopic (exact) mass is 313 g/mol. The molecule has 2 heterocycles. The third-order valence-corrected chi connectivity index (χ3v) is 4.75. The number of ether oxygens (including phenoxy) is 1. The van der Waals surface area contributed by atoms with Crippen molar-refractivity contribution in [3.63, 3.8) is 0 Å². The van der Waals surface area contributed by atoms with E-state index in [1.165, 1.54) is 6.20 Å². The topological polar surface area (TPSA) is 80.3 Å². The van der Waals surface area contributed by atoms with Crippen LogP contribution in [0.2, 0.25) is 0 Å². The Morgan fingerprint density at radius 1 is 1.43 bits per heavy atom. The van der Waals surface area contributed by atoms with Crippen molar-refractivity contribution in [1.82, 2.24) is 9.71 Å². The number of pyridine rings is 1. The maximum Gasteiger partial charge on any atom is 0.260 e. The van der Waals surface area contributed by atoms with Gasteiger partial charge in [-0.05, 0) is 37.8 Å². The quantitative estimate of drug-likeness (QED) is 0.801. The highest BCUT2D eigenvalue weighted by Gasteiger charge is 2.22. The van der Waals surface area contributed by atoms with Crippen molar-refractivity contribution in [1.29, 1.82) is 0 Å². The molecule has 1 atom stereocenters. The summed E-state index contributed by atoms with van der Waals surface area (Å²) in [6.45, 7) is 3.74. The zero-order valence-corrected chi connectivity index (χ0v) is 13.2. The molecule has 21 heavy (non-hydrogen) atoms. The molecule has 1 aromatic rings. The molecule has 118 valence electrons. The first kappa shape index (κ1) is 16.2. The highest BCUT2D eigenvalue weighted by Crippen LogP contribution is 2.18. The molecule has 0 bridgehead atoms. The van der Waals surface area contributed by atoms with Crippen molar-refractivity contribution in [2.75, 3.05) is 25.0 Å². The first-order chi connectivity index (χ1) is 10.1. The van der Waals surface area contributed by atoms with Gasteiger partial charge in [0.15, 0.2) is 5.03 Å². The summed E-state index contributed by atoms with van der Waals surface area (Å²) in [6, 6.07) is 3.45. The average molecular weight is 313 g/mol. The van der Waals surface area contributed by atoms with Crippen molar-refractivity contribution < 1.29 is 13.2 Å². The van der Waals surface area contributed by atoms with Crippen molar-refractivity contribution >= 4 is 15.7 Å². The lowest BCUT2D eigenvalue weighted by atomic mass is 10.1. The van der Waals surface area contributed by atoms with E-state index in [0.717, 1.165) is 25.7 Å². The van der Waals surface area contributed by atoms with Crippen LogP contribution in [-0.4, -0.2) is 39.2 Å². The van der Waals surface area contributed by atoms with E-state index < -0.39 is 10.0 Å². The van der Waals surface area contributed by atoms with Crippen LogP contribution in [0.5, 0.6) is 0 Å². The highest BCUT2D eigenvalue weighted by atomic mass is 32.2. The largest absolute Gasteiger partial charge is 0.383 e. The van der Waals surface area contributed by atoms with Crippen molar-refractivity contribution in [2.45, 2.75) is 43.7 Å². The van der Waals surface area contributed by atoms with Crippen LogP contribution in [0.25, 0.3) is 0 Å². The highest BCUT2D eigenvalue weighted by molar-refractivity contribution is 7.89. The molecule has 0 radical (unpaired) electrons. The van der Waals surface area contributed by atoms with Gasteiger partial charge in [0.05, 0.1) is 11.8 Å². The van der Waals surface area contributed by atoms with Crippen LogP contribution in [-0.2, 0) is 14.8 Å². The number of aromatic nitrogens is 1. The fourth-order valence-corrected chi connectivity index (χ4v) is 3.41. The van der Waals surface area contributed by atoms with E-state index in [-0.39, 0.29) is 11.1 Å². The van der Waals surface area contributed by atoms with Gasteiger partial charge >= 0.3 is 0 Å². The summed E-state index contributed by atoms with van der Waals surface area (Å²) in [7, 11) is -3.62. The fraction of sp³-hybridized carbons (Fsp3) is 0.643. The molecule has 0 saturated carbocycles. The van der Waals surface area contributed by atoms with E-state index in [9.17, 15) is 8.42 Å². The van der Waals surface area contributed by atoms with Crippen LogP contribution >= 0.6 is 0 Å². The van der Waals surface area contributed by atoms with Crippen molar-refractivity contribution in [3.05, 3.63) is 18.3 Å². The summed E-state index contributed by atoms with van der Waals surface area (Å²) >= 11 is 0. The summed E-state index contributed by atoms with van der Waals surface area (Å²) in [5, 5.41) is 3.14. The van der Waals surface area contributed by atoms with Gasteiger partial charge in [0, 0.05) is 25.9 Å². The van der Waals surface area contributed by atoms with Crippen LogP contribution in [0.3, 0.4) is 0 Å². The van der Waals surface area contributed by atoms with Crippen LogP contribution in [0, 0.1) is 0 Å². The Kier molecular flexibility index (Phi) is 5.96. The van der Waals surface area contributed by atoms with Gasteiger partial charge in [-0.25, -0.2) is 18.1 Å². The zero-order chi connectivity index (χ0) is 15.1. The Hall–Kier alpha value is -1.18. The fourth-order valence-electron chi connectivity index (χ4n) is 2.24. The summed E-state index contributed by atoms with van der Waals surface area (Å²) in [5.74, 6) is 0. The molecule has 1 aliphatic heterocycles. The molecule has 1 aromatic heterocycles. The molecular weight excluding hydrogens is 290 g/mol. The number of sulfonamides is 1. The summed E-state index contributed by atoms with van der Waals surface area (Å²) in [6.07, 6.45) is 5.39. The third-order valence-electron chi connectivity index (χ3n) is 3.37. The van der Waals surface area contributed by atoms with E-state index in [1.54, 1.807) is 12.1 Å². The molecule has 1 saturated heterocycles. The Morgan fingerprint density at radius 3 is 3.00 bits per heavy atom. The second-order valence-electron chi connectivity index (χ2n) is 5.12. The van der Waals surface area contributed by atoms with Gasteiger partial charge in [0.1, 0.15) is 0 Å². The molecule has 7 heteroatoms. The third kappa shape index (κ3) is 4.66. The van der Waals surface area contributed by atoms with E-state index in [0.29, 0.717) is 25.4 Å². The van der Waals surface area contributed by atoms with E-state index in [4.69, 9.17) is 4.74 Å². The number of hydrogen-bond acceptors (Lipinski definition) is 5. The smallest absolute Gasteiger partial charge is 0.260 e. The minimum Gasteiger partial charge on any atom is -0.383 e. The molecule has 0 spiro atoms. The summed E-state index contributed by atoms with van der Waals surface area (Å²) in [5.41, 5.74) is 0.538. The lowest BCUT2D eigenvalue weighted by Gasteiger charge is -2.22. The normalized spacial score (nSPS) is 19.4. The Bertz CT molecular complexity index is 542. The lowest BCUT2D eigenvalue weighted by Crippen LogP contribution is -2.36. The number of nitrogens with zero attached hydrogens (tertiary/aromatic N) is 1. The van der Waals surface area contributed by atoms with Gasteiger partial charge in [-0.15, -0.1) is 0 Å². The standard InChI is InChI=1S/C14H23N3O3S/c1-2-8-15-13-7-5-9-16-14(13)21(18,19)17-11-12-6-3-4-10-20-12/h5,7,9,12,15,17H,2-4,6,8,10-11H2,1H3. The van der Waals surface area contributed by atoms with E-state index in [2.05, 4.69) is 15.0 Å². The number of nitrogens with one attached hydrogen (secondary N) is 2. The SMILES string of the molecule is CCCNc1cccnc1S(=O)(=O)NCC1CCCCO1. The number of rotatable bonds is 7. The van der Waals surface area contributed by atoms with Crippen LogP contribution in [0.4, 0.5) is 5.69 Å². The second kappa shape index (κ2) is 7.72. The molecule has 0 aromatic carbocycles. The van der Waals surface area contributed by atoms with E-state index >= 15 is 0 Å². The van der Waals surface area contributed by atoms with Crippen LogP contribution in [0.15, 0.2) is 23.4 Å². The number of hydrogen-bond donors (Lipinski definition) is 2. The van der Waals surface area contributed by atoms with Crippen LogP contribution < -0.4 is 10.0 Å². The molecular formula is C14H23N3O3S. The van der Waals surface area contributed by atoms with Gasteiger partial charge in [0.25, 0.3) is 10.0 Å². The molecule has 1 fully saturated rings. The van der Waals surface area contributed by atoms with Gasteiger partial charge < -0.3 is 10.1 Å². The molecule has 1 aliphatic rings. The van der Waals surface area contributed by atoms with Gasteiger partial charge in [-0.3, -0.25) is 0 Å². The zero-order valence-electron chi connectivity index (χ0n) is 12.3. The maximum absolute atomic E-state index is 12.4. The van der Waals surface area contributed by atoms with Gasteiger partial charge in [-0.1, -0.05) is 6.92 Å². The Labute approximate surface area is 126 Å². The molecule has 1 unspecified atom stereocenters. The first-order valence-corrected chi connectivity index (χ1v) is 8.92. The average Bonchev–Trinajstić information content (AvgIpc) is 2.52. The Morgan fingerprint density at radius 2 is 2.29 bits per heavy atom. The summed E-state index contributed by atoms with van der Waals surface area (Å²) < 4.78 is 32.9. The molecule has 2 N–H and O–H groups in total. The van der Waals surface area contributed by atoms with E-state index in [1.807, 2.05) is 6.92 Å². The number of anilines is 1. The summed E-state index contributed by atoms with van der Waals surface area (Å²) in [4.78, 5) is 4.01. The van der Waals surface area contributed by atoms with Gasteiger partial charge in [-0.2, -0.15) is 0 Å². The minimum absolute atomic E-state index is 0.0377. The predicted octanol–water partition coefficient (Wildman–Crippen LogP) is 1.75. The molecule has 0 aliphatic carbocycles. The predicted molar refractivity (Wildman–Crippen MR) is 81.8 cm³/mol. The van der Waals surface area contributed by atoms with Gasteiger partial charge in [0.2, 0.25) is 0 Å². The van der Waals surface area contributed by atoms with Crippen molar-refractivity contribution in [3.8, 4) is 0 Å². The van der Waals surface area contributed by atoms with Crippen molar-refractivity contribution in [2.24, 2.45) is 0 Å². The minimum atomic E-state index is -3.62.